The minimum Gasteiger partial charge on any atom is -0.464 e. The van der Waals surface area contributed by atoms with Crippen molar-refractivity contribution >= 4 is 5.97 Å². The van der Waals surface area contributed by atoms with Crippen LogP contribution < -0.4 is 5.32 Å². The summed E-state index contributed by atoms with van der Waals surface area (Å²) < 4.78 is 10.3. The first-order chi connectivity index (χ1) is 6.36. The van der Waals surface area contributed by atoms with Crippen LogP contribution in [0.3, 0.4) is 0 Å². The molecule has 1 N–H and O–H groups in total. The number of carbonyl (C=O) groups is 1. The molecule has 0 aromatic heterocycles. The van der Waals surface area contributed by atoms with Crippen LogP contribution in [-0.4, -0.2) is 38.4 Å². The molecule has 13 heavy (non-hydrogen) atoms. The zero-order chi connectivity index (χ0) is 9.10. The van der Waals surface area contributed by atoms with Crippen molar-refractivity contribution in [3.63, 3.8) is 0 Å². The number of nitrogens with one attached hydrogen (secondary N) is 1. The Balaban J connectivity index is 1.69. The minimum absolute atomic E-state index is 0.189. The summed E-state index contributed by atoms with van der Waals surface area (Å²) in [5, 5.41) is 3.26. The first kappa shape index (κ1) is 8.97. The Labute approximate surface area is 77.6 Å². The first-order valence-corrected chi connectivity index (χ1v) is 4.85. The Morgan fingerprint density at radius 1 is 1.54 bits per heavy atom. The van der Waals surface area contributed by atoms with Gasteiger partial charge in [0.1, 0.15) is 0 Å². The molecule has 4 heteroatoms. The Kier molecular flexibility index (Phi) is 2.80. The van der Waals surface area contributed by atoms with E-state index in [1.165, 1.54) is 0 Å². The molecule has 2 atom stereocenters. The smallest absolute Gasteiger partial charge is 0.335 e. The van der Waals surface area contributed by atoms with Crippen LogP contribution in [0.15, 0.2) is 0 Å². The number of rotatable bonds is 3. The number of hydrogen-bond acceptors (Lipinski definition) is 4. The quantitative estimate of drug-likeness (QED) is 0.625. The van der Waals surface area contributed by atoms with Gasteiger partial charge in [-0.05, 0) is 18.9 Å². The SMILES string of the molecule is O=C1OCCC1OCC1CCNC1. The standard InChI is InChI=1S/C9H15NO3/c11-9-8(2-4-12-9)13-6-7-1-3-10-5-7/h7-8,10H,1-6H2. The third kappa shape index (κ3) is 2.19. The molecular weight excluding hydrogens is 170 g/mol. The van der Waals surface area contributed by atoms with Gasteiger partial charge in [-0.1, -0.05) is 0 Å². The van der Waals surface area contributed by atoms with Crippen LogP contribution in [0.5, 0.6) is 0 Å². The van der Waals surface area contributed by atoms with Gasteiger partial charge in [-0.3, -0.25) is 0 Å². The second kappa shape index (κ2) is 4.07. The summed E-state index contributed by atoms with van der Waals surface area (Å²) >= 11 is 0. The molecule has 0 bridgehead atoms. The van der Waals surface area contributed by atoms with Crippen LogP contribution in [0.2, 0.25) is 0 Å². The van der Waals surface area contributed by atoms with Crippen molar-refractivity contribution in [2.75, 3.05) is 26.3 Å². The summed E-state index contributed by atoms with van der Waals surface area (Å²) in [6.07, 6.45) is 1.58. The molecule has 2 unspecified atom stereocenters. The maximum Gasteiger partial charge on any atom is 0.335 e. The lowest BCUT2D eigenvalue weighted by Gasteiger charge is -2.11. The molecule has 0 aliphatic carbocycles. The maximum absolute atomic E-state index is 11.0. The molecule has 2 rings (SSSR count). The van der Waals surface area contributed by atoms with Crippen LogP contribution >= 0.6 is 0 Å². The lowest BCUT2D eigenvalue weighted by atomic mass is 10.1. The van der Waals surface area contributed by atoms with Gasteiger partial charge in [-0.15, -0.1) is 0 Å². The van der Waals surface area contributed by atoms with E-state index in [0.29, 0.717) is 19.1 Å². The van der Waals surface area contributed by atoms with Gasteiger partial charge < -0.3 is 14.8 Å². The Morgan fingerprint density at radius 3 is 3.08 bits per heavy atom. The van der Waals surface area contributed by atoms with Gasteiger partial charge in [0.2, 0.25) is 0 Å². The molecule has 2 heterocycles. The maximum atomic E-state index is 11.0. The van der Waals surface area contributed by atoms with Crippen LogP contribution in [-0.2, 0) is 14.3 Å². The van der Waals surface area contributed by atoms with E-state index in [2.05, 4.69) is 5.32 Å². The highest BCUT2D eigenvalue weighted by Crippen LogP contribution is 2.14. The van der Waals surface area contributed by atoms with E-state index in [0.717, 1.165) is 25.9 Å². The molecule has 0 amide bonds. The summed E-state index contributed by atoms with van der Waals surface area (Å²) in [5.41, 5.74) is 0. The second-order valence-electron chi connectivity index (χ2n) is 3.64. The molecule has 0 aromatic carbocycles. The van der Waals surface area contributed by atoms with E-state index in [1.807, 2.05) is 0 Å². The molecular formula is C9H15NO3. The second-order valence-corrected chi connectivity index (χ2v) is 3.64. The zero-order valence-electron chi connectivity index (χ0n) is 7.62. The molecule has 2 aliphatic heterocycles. The lowest BCUT2D eigenvalue weighted by Crippen LogP contribution is -2.23. The van der Waals surface area contributed by atoms with E-state index in [9.17, 15) is 4.79 Å². The molecule has 2 aliphatic rings. The molecule has 2 fully saturated rings. The molecule has 0 saturated carbocycles. The van der Waals surface area contributed by atoms with E-state index in [1.54, 1.807) is 0 Å². The summed E-state index contributed by atoms with van der Waals surface area (Å²) in [4.78, 5) is 11.0. The Hall–Kier alpha value is -0.610. The van der Waals surface area contributed by atoms with Gasteiger partial charge in [0.15, 0.2) is 6.10 Å². The summed E-state index contributed by atoms with van der Waals surface area (Å²) in [6, 6.07) is 0. The predicted molar refractivity (Wildman–Crippen MR) is 46.3 cm³/mol. The number of ether oxygens (including phenoxy) is 2. The van der Waals surface area contributed by atoms with Gasteiger partial charge in [-0.25, -0.2) is 4.79 Å². The molecule has 74 valence electrons. The summed E-state index contributed by atoms with van der Waals surface area (Å²) in [6.45, 7) is 3.30. The van der Waals surface area contributed by atoms with Gasteiger partial charge in [-0.2, -0.15) is 0 Å². The van der Waals surface area contributed by atoms with Crippen molar-refractivity contribution in [3.05, 3.63) is 0 Å². The highest BCUT2D eigenvalue weighted by Gasteiger charge is 2.28. The average Bonchev–Trinajstić information content (AvgIpc) is 2.72. The molecule has 0 spiro atoms. The van der Waals surface area contributed by atoms with Crippen LogP contribution in [0.1, 0.15) is 12.8 Å². The fraction of sp³-hybridized carbons (Fsp3) is 0.889. The predicted octanol–water partition coefficient (Wildman–Crippen LogP) is -0.0720. The highest BCUT2D eigenvalue weighted by molar-refractivity contribution is 5.76. The van der Waals surface area contributed by atoms with Crippen LogP contribution in [0.4, 0.5) is 0 Å². The Morgan fingerprint density at radius 2 is 2.46 bits per heavy atom. The largest absolute Gasteiger partial charge is 0.464 e. The van der Waals surface area contributed by atoms with Gasteiger partial charge >= 0.3 is 5.97 Å². The highest BCUT2D eigenvalue weighted by atomic mass is 16.6. The zero-order valence-corrected chi connectivity index (χ0v) is 7.62. The Bertz CT molecular complexity index is 189. The molecule has 0 aromatic rings. The third-order valence-electron chi connectivity index (χ3n) is 2.58. The van der Waals surface area contributed by atoms with E-state index in [-0.39, 0.29) is 12.1 Å². The number of esters is 1. The van der Waals surface area contributed by atoms with Gasteiger partial charge in [0.25, 0.3) is 0 Å². The third-order valence-corrected chi connectivity index (χ3v) is 2.58. The number of cyclic esters (lactones) is 1. The number of hydrogen-bond donors (Lipinski definition) is 1. The van der Waals surface area contributed by atoms with Crippen molar-refractivity contribution in [2.24, 2.45) is 5.92 Å². The fourth-order valence-electron chi connectivity index (χ4n) is 1.74. The average molecular weight is 185 g/mol. The van der Waals surface area contributed by atoms with E-state index >= 15 is 0 Å². The molecule has 4 nitrogen and oxygen atoms in total. The van der Waals surface area contributed by atoms with Crippen LogP contribution in [0.25, 0.3) is 0 Å². The van der Waals surface area contributed by atoms with E-state index < -0.39 is 0 Å². The molecule has 2 saturated heterocycles. The minimum atomic E-state index is -0.291. The fourth-order valence-corrected chi connectivity index (χ4v) is 1.74. The van der Waals surface area contributed by atoms with Crippen molar-refractivity contribution in [3.8, 4) is 0 Å². The van der Waals surface area contributed by atoms with Crippen molar-refractivity contribution < 1.29 is 14.3 Å². The van der Waals surface area contributed by atoms with Crippen molar-refractivity contribution in [2.45, 2.75) is 18.9 Å². The van der Waals surface area contributed by atoms with Gasteiger partial charge in [0, 0.05) is 13.0 Å². The molecule has 0 radical (unpaired) electrons. The topological polar surface area (TPSA) is 47.6 Å². The van der Waals surface area contributed by atoms with Crippen molar-refractivity contribution in [1.29, 1.82) is 0 Å². The monoisotopic (exact) mass is 185 g/mol. The summed E-state index contributed by atoms with van der Waals surface area (Å²) in [7, 11) is 0. The lowest BCUT2D eigenvalue weighted by molar-refractivity contribution is -0.147. The summed E-state index contributed by atoms with van der Waals surface area (Å²) in [5.74, 6) is 0.388. The van der Waals surface area contributed by atoms with Crippen molar-refractivity contribution in [1.82, 2.24) is 5.32 Å². The normalized spacial score (nSPS) is 33.7. The number of carbonyl (C=O) groups excluding carboxylic acids is 1. The van der Waals surface area contributed by atoms with E-state index in [4.69, 9.17) is 9.47 Å². The van der Waals surface area contributed by atoms with Crippen LogP contribution in [0, 0.1) is 5.92 Å². The first-order valence-electron chi connectivity index (χ1n) is 4.85. The van der Waals surface area contributed by atoms with Gasteiger partial charge in [0.05, 0.1) is 13.2 Å².